The van der Waals surface area contributed by atoms with E-state index in [4.69, 9.17) is 11.6 Å². The fourth-order valence-corrected chi connectivity index (χ4v) is 2.75. The average molecular weight is 408 g/mol. The van der Waals surface area contributed by atoms with Gasteiger partial charge in [0.05, 0.1) is 36.3 Å². The molecule has 1 fully saturated rings. The first-order valence-electron chi connectivity index (χ1n) is 7.87. The number of anilines is 1. The van der Waals surface area contributed by atoms with Crippen LogP contribution < -0.4 is 10.6 Å². The summed E-state index contributed by atoms with van der Waals surface area (Å²) in [4.78, 5) is 37.1. The molecule has 0 radical (unpaired) electrons. The van der Waals surface area contributed by atoms with Gasteiger partial charge in [-0.2, -0.15) is 13.2 Å². The number of hydrogen-bond acceptors (Lipinski definition) is 5. The van der Waals surface area contributed by atoms with E-state index < -0.39 is 35.6 Å². The van der Waals surface area contributed by atoms with Crippen LogP contribution in [0, 0.1) is 0 Å². The number of carbonyl (C=O) groups is 3. The number of carbonyl (C=O) groups excluding carboxylic acids is 3. The largest absolute Gasteiger partial charge is 0.469 e. The molecule has 2 rings (SSSR count). The van der Waals surface area contributed by atoms with Gasteiger partial charge in [-0.05, 0) is 18.2 Å². The molecule has 0 spiro atoms. The molecule has 0 saturated carbocycles. The predicted octanol–water partition coefficient (Wildman–Crippen LogP) is 1.66. The Hall–Kier alpha value is -2.33. The third kappa shape index (κ3) is 5.57. The molecule has 2 amide bonds. The molecule has 1 aromatic carbocycles. The molecule has 0 bridgehead atoms. The van der Waals surface area contributed by atoms with Crippen LogP contribution >= 0.6 is 11.6 Å². The number of amides is 2. The van der Waals surface area contributed by atoms with Crippen molar-refractivity contribution in [3.8, 4) is 0 Å². The maximum atomic E-state index is 12.8. The maximum Gasteiger partial charge on any atom is 0.416 e. The lowest BCUT2D eigenvalue weighted by Gasteiger charge is -2.33. The van der Waals surface area contributed by atoms with Gasteiger partial charge in [-0.25, -0.2) is 0 Å². The van der Waals surface area contributed by atoms with Crippen molar-refractivity contribution < 1.29 is 32.3 Å². The van der Waals surface area contributed by atoms with E-state index in [1.807, 2.05) is 0 Å². The lowest BCUT2D eigenvalue weighted by Crippen LogP contribution is -2.57. The highest BCUT2D eigenvalue weighted by Crippen LogP contribution is 2.33. The number of halogens is 4. The minimum Gasteiger partial charge on any atom is -0.469 e. The van der Waals surface area contributed by atoms with Crippen molar-refractivity contribution in [2.24, 2.45) is 0 Å². The smallest absolute Gasteiger partial charge is 0.416 e. The molecular formula is C16H17ClF3N3O4. The third-order valence-corrected chi connectivity index (χ3v) is 4.27. The van der Waals surface area contributed by atoms with Crippen LogP contribution in [0.1, 0.15) is 12.0 Å². The number of piperazine rings is 1. The van der Waals surface area contributed by atoms with E-state index in [9.17, 15) is 27.6 Å². The summed E-state index contributed by atoms with van der Waals surface area (Å²) in [5, 5.41) is 4.84. The van der Waals surface area contributed by atoms with Gasteiger partial charge in [0.1, 0.15) is 6.04 Å². The van der Waals surface area contributed by atoms with E-state index in [1.165, 1.54) is 12.0 Å². The number of methoxy groups -OCH3 is 1. The summed E-state index contributed by atoms with van der Waals surface area (Å²) in [5.41, 5.74) is -1.15. The second kappa shape index (κ2) is 8.57. The van der Waals surface area contributed by atoms with Gasteiger partial charge in [0.15, 0.2) is 0 Å². The van der Waals surface area contributed by atoms with Crippen LogP contribution in [-0.4, -0.2) is 55.5 Å². The zero-order chi connectivity index (χ0) is 20.2. The predicted molar refractivity (Wildman–Crippen MR) is 90.1 cm³/mol. The SMILES string of the molecule is COC(=O)C[C@H]1C(=O)NCCN1CC(=O)Nc1cc(C(F)(F)F)ccc1Cl. The van der Waals surface area contributed by atoms with Crippen molar-refractivity contribution in [3.05, 3.63) is 28.8 Å². The standard InChI is InChI=1S/C16H17ClF3N3O4/c1-27-14(25)7-12-15(26)21-4-5-23(12)8-13(24)22-11-6-9(16(18,19)20)2-3-10(11)17/h2-3,6,12H,4-5,7-8H2,1H3,(H,21,26)(H,22,24)/t12-/m0/s1. The molecule has 2 N–H and O–H groups in total. The Balaban J connectivity index is 2.09. The lowest BCUT2D eigenvalue weighted by molar-refractivity contribution is -0.146. The Morgan fingerprint density at radius 2 is 2.11 bits per heavy atom. The molecule has 27 heavy (non-hydrogen) atoms. The first kappa shape index (κ1) is 21.0. The van der Waals surface area contributed by atoms with Crippen molar-refractivity contribution in [1.29, 1.82) is 0 Å². The molecule has 7 nitrogen and oxygen atoms in total. The maximum absolute atomic E-state index is 12.8. The minimum atomic E-state index is -4.58. The van der Waals surface area contributed by atoms with E-state index in [2.05, 4.69) is 15.4 Å². The molecule has 1 saturated heterocycles. The van der Waals surface area contributed by atoms with Gasteiger partial charge in [-0.1, -0.05) is 11.6 Å². The monoisotopic (exact) mass is 407 g/mol. The number of benzene rings is 1. The summed E-state index contributed by atoms with van der Waals surface area (Å²) in [6.07, 6.45) is -4.83. The lowest BCUT2D eigenvalue weighted by atomic mass is 10.1. The Morgan fingerprint density at radius 3 is 2.74 bits per heavy atom. The van der Waals surface area contributed by atoms with Gasteiger partial charge in [-0.15, -0.1) is 0 Å². The van der Waals surface area contributed by atoms with Crippen LogP contribution in [-0.2, 0) is 25.3 Å². The Morgan fingerprint density at radius 1 is 1.41 bits per heavy atom. The molecule has 0 aliphatic carbocycles. The number of nitrogens with one attached hydrogen (secondary N) is 2. The average Bonchev–Trinajstić information content (AvgIpc) is 2.58. The minimum absolute atomic E-state index is 0.0566. The fourth-order valence-electron chi connectivity index (χ4n) is 2.59. The van der Waals surface area contributed by atoms with Gasteiger partial charge < -0.3 is 15.4 Å². The quantitative estimate of drug-likeness (QED) is 0.725. The summed E-state index contributed by atoms with van der Waals surface area (Å²) >= 11 is 5.85. The normalized spacial score (nSPS) is 18.0. The molecule has 1 heterocycles. The first-order chi connectivity index (χ1) is 12.6. The second-order valence-electron chi connectivity index (χ2n) is 5.80. The topological polar surface area (TPSA) is 87.7 Å². The molecule has 11 heteroatoms. The van der Waals surface area contributed by atoms with E-state index in [0.29, 0.717) is 0 Å². The zero-order valence-electron chi connectivity index (χ0n) is 14.2. The van der Waals surface area contributed by atoms with Gasteiger partial charge >= 0.3 is 12.1 Å². The van der Waals surface area contributed by atoms with Crippen molar-refractivity contribution in [1.82, 2.24) is 10.2 Å². The summed E-state index contributed by atoms with van der Waals surface area (Å²) in [7, 11) is 1.18. The molecular weight excluding hydrogens is 391 g/mol. The van der Waals surface area contributed by atoms with Crippen LogP contribution in [0.3, 0.4) is 0 Å². The van der Waals surface area contributed by atoms with Crippen molar-refractivity contribution in [2.75, 3.05) is 32.1 Å². The zero-order valence-corrected chi connectivity index (χ0v) is 15.0. The highest BCUT2D eigenvalue weighted by molar-refractivity contribution is 6.33. The molecule has 148 valence electrons. The highest BCUT2D eigenvalue weighted by atomic mass is 35.5. The van der Waals surface area contributed by atoms with Gasteiger partial charge in [-0.3, -0.25) is 19.3 Å². The third-order valence-electron chi connectivity index (χ3n) is 3.94. The molecule has 1 aliphatic heterocycles. The van der Waals surface area contributed by atoms with Gasteiger partial charge in [0, 0.05) is 13.1 Å². The van der Waals surface area contributed by atoms with Crippen LogP contribution in [0.25, 0.3) is 0 Å². The Bertz CT molecular complexity index is 742. The summed E-state index contributed by atoms with van der Waals surface area (Å²) < 4.78 is 43.0. The van der Waals surface area contributed by atoms with Crippen molar-refractivity contribution in [3.63, 3.8) is 0 Å². The molecule has 0 aromatic heterocycles. The highest BCUT2D eigenvalue weighted by Gasteiger charge is 2.34. The molecule has 1 atom stereocenters. The van der Waals surface area contributed by atoms with Gasteiger partial charge in [0.2, 0.25) is 11.8 Å². The number of ether oxygens (including phenoxy) is 1. The van der Waals surface area contributed by atoms with E-state index in [-0.39, 0.29) is 36.8 Å². The van der Waals surface area contributed by atoms with Crippen molar-refractivity contribution >= 4 is 35.1 Å². The van der Waals surface area contributed by atoms with Crippen LogP contribution in [0.2, 0.25) is 5.02 Å². The molecule has 1 aliphatic rings. The number of nitrogens with zero attached hydrogens (tertiary/aromatic N) is 1. The first-order valence-corrected chi connectivity index (χ1v) is 8.24. The van der Waals surface area contributed by atoms with Crippen LogP contribution in [0.15, 0.2) is 18.2 Å². The number of esters is 1. The van der Waals surface area contributed by atoms with E-state index >= 15 is 0 Å². The van der Waals surface area contributed by atoms with Crippen molar-refractivity contribution in [2.45, 2.75) is 18.6 Å². The molecule has 1 aromatic rings. The fraction of sp³-hybridized carbons (Fsp3) is 0.438. The summed E-state index contributed by atoms with van der Waals surface area (Å²) in [5.74, 6) is -1.72. The Kier molecular flexibility index (Phi) is 6.66. The summed E-state index contributed by atoms with van der Waals surface area (Å²) in [6, 6.07) is 1.66. The number of hydrogen-bond donors (Lipinski definition) is 2. The van der Waals surface area contributed by atoms with Crippen LogP contribution in [0.4, 0.5) is 18.9 Å². The van der Waals surface area contributed by atoms with E-state index in [0.717, 1.165) is 18.2 Å². The number of rotatable bonds is 5. The molecule has 0 unspecified atom stereocenters. The number of alkyl halides is 3. The van der Waals surface area contributed by atoms with Crippen LogP contribution in [0.5, 0.6) is 0 Å². The second-order valence-corrected chi connectivity index (χ2v) is 6.21. The van der Waals surface area contributed by atoms with Gasteiger partial charge in [0.25, 0.3) is 0 Å². The Labute approximate surface area is 157 Å². The summed E-state index contributed by atoms with van der Waals surface area (Å²) in [6.45, 7) is 0.257. The van der Waals surface area contributed by atoms with E-state index in [1.54, 1.807) is 0 Å².